The summed E-state index contributed by atoms with van der Waals surface area (Å²) in [5.74, 6) is 1.57. The maximum Gasteiger partial charge on any atom is 0.197 e. The van der Waals surface area contributed by atoms with Gasteiger partial charge in [0.25, 0.3) is 0 Å². The molecule has 11 rings (SSSR count). The summed E-state index contributed by atoms with van der Waals surface area (Å²) in [6.07, 6.45) is 0. The van der Waals surface area contributed by atoms with Crippen LogP contribution in [0.25, 0.3) is 43.8 Å². The Hall–Kier alpha value is -7.14. The highest BCUT2D eigenvalue weighted by atomic mass is 32.1. The van der Waals surface area contributed by atoms with Crippen LogP contribution in [-0.2, 0) is 5.41 Å². The van der Waals surface area contributed by atoms with Gasteiger partial charge < -0.3 is 9.47 Å². The van der Waals surface area contributed by atoms with Crippen LogP contribution in [0.4, 0.5) is 16.4 Å². The maximum absolute atomic E-state index is 6.69. The topological polar surface area (TPSA) is 21.7 Å². The lowest BCUT2D eigenvalue weighted by molar-refractivity contribution is 0.175. The SMILES string of the molecule is c1ccc(-c2ccc(N(c3ccc4c(c3)C(c3ccccc3)(c3ccccc3)c3ccccc3-4)c3sc(-c4ccccc4)c4c3OCCO4)c(-c3ccccc3)c2)cc1. The third-order valence-electron chi connectivity index (χ3n) is 11.8. The van der Waals surface area contributed by atoms with Gasteiger partial charge in [0.15, 0.2) is 11.5 Å². The molecule has 0 saturated carbocycles. The van der Waals surface area contributed by atoms with Gasteiger partial charge in [-0.25, -0.2) is 0 Å². The number of ether oxygens (including phenoxy) is 2. The lowest BCUT2D eigenvalue weighted by Gasteiger charge is -2.35. The lowest BCUT2D eigenvalue weighted by atomic mass is 9.67. The molecule has 4 heteroatoms. The fourth-order valence-corrected chi connectivity index (χ4v) is 10.4. The van der Waals surface area contributed by atoms with E-state index in [-0.39, 0.29) is 0 Å². The van der Waals surface area contributed by atoms with Crippen LogP contribution in [0.2, 0.25) is 0 Å². The number of hydrogen-bond acceptors (Lipinski definition) is 4. The van der Waals surface area contributed by atoms with E-state index in [0.29, 0.717) is 13.2 Å². The monoisotopic (exact) mass is 777 g/mol. The van der Waals surface area contributed by atoms with Crippen LogP contribution in [0.15, 0.2) is 212 Å². The highest BCUT2D eigenvalue weighted by molar-refractivity contribution is 7.20. The third-order valence-corrected chi connectivity index (χ3v) is 12.9. The Morgan fingerprint density at radius 3 is 1.61 bits per heavy atom. The van der Waals surface area contributed by atoms with Crippen molar-refractivity contribution < 1.29 is 9.47 Å². The van der Waals surface area contributed by atoms with Gasteiger partial charge in [-0.05, 0) is 79.9 Å². The van der Waals surface area contributed by atoms with E-state index >= 15 is 0 Å². The fraction of sp³-hybridized carbons (Fsp3) is 0.0545. The number of fused-ring (bicyclic) bond motifs is 4. The minimum absolute atomic E-state index is 0.474. The molecule has 8 aromatic carbocycles. The number of hydrogen-bond donors (Lipinski definition) is 0. The first-order valence-corrected chi connectivity index (χ1v) is 21.0. The van der Waals surface area contributed by atoms with E-state index in [4.69, 9.17) is 9.47 Å². The predicted molar refractivity (Wildman–Crippen MR) is 244 cm³/mol. The molecule has 59 heavy (non-hydrogen) atoms. The average molecular weight is 778 g/mol. The summed E-state index contributed by atoms with van der Waals surface area (Å²) >= 11 is 1.72. The Morgan fingerprint density at radius 2 is 0.949 bits per heavy atom. The Balaban J connectivity index is 1.22. The highest BCUT2D eigenvalue weighted by Gasteiger charge is 2.46. The molecular formula is C55H39NO2S. The zero-order valence-corrected chi connectivity index (χ0v) is 33.1. The standard InChI is InChI=1S/C55H39NO2S/c1-6-18-38(19-7-1)41-30-33-50(47(36-41)39-20-8-2-9-21-39)56(54-52-51(57-34-35-58-52)53(59-54)40-22-10-3-11-23-40)44-31-32-46-45-28-16-17-29-48(45)55(49(46)37-44,42-24-12-4-13-25-42)43-26-14-5-15-27-43/h1-33,36-37H,34-35H2. The average Bonchev–Trinajstić information content (AvgIpc) is 3.85. The maximum atomic E-state index is 6.69. The second kappa shape index (κ2) is 14.7. The van der Waals surface area contributed by atoms with Crippen molar-refractivity contribution >= 4 is 27.7 Å². The van der Waals surface area contributed by atoms with Gasteiger partial charge in [-0.15, -0.1) is 11.3 Å². The predicted octanol–water partition coefficient (Wildman–Crippen LogP) is 14.4. The molecule has 1 aliphatic carbocycles. The summed E-state index contributed by atoms with van der Waals surface area (Å²) in [7, 11) is 0. The van der Waals surface area contributed by atoms with Crippen LogP contribution in [0.1, 0.15) is 22.3 Å². The van der Waals surface area contributed by atoms with Gasteiger partial charge in [-0.1, -0.05) is 188 Å². The van der Waals surface area contributed by atoms with Crippen molar-refractivity contribution in [3.63, 3.8) is 0 Å². The molecule has 2 heterocycles. The van der Waals surface area contributed by atoms with Gasteiger partial charge in [0.1, 0.15) is 18.2 Å². The van der Waals surface area contributed by atoms with Crippen LogP contribution in [0.3, 0.4) is 0 Å². The van der Waals surface area contributed by atoms with Crippen molar-refractivity contribution in [2.24, 2.45) is 0 Å². The molecule has 0 bridgehead atoms. The van der Waals surface area contributed by atoms with E-state index in [0.717, 1.165) is 55.0 Å². The van der Waals surface area contributed by atoms with Crippen LogP contribution >= 0.6 is 11.3 Å². The molecule has 282 valence electrons. The minimum atomic E-state index is -0.556. The van der Waals surface area contributed by atoms with Crippen molar-refractivity contribution in [3.8, 4) is 55.3 Å². The van der Waals surface area contributed by atoms with Crippen molar-refractivity contribution in [3.05, 3.63) is 235 Å². The Kier molecular flexibility index (Phi) is 8.71. The molecule has 0 atom stereocenters. The summed E-state index contributed by atoms with van der Waals surface area (Å²) < 4.78 is 13.2. The summed E-state index contributed by atoms with van der Waals surface area (Å²) in [6, 6.07) is 76.8. The fourth-order valence-electron chi connectivity index (χ4n) is 9.19. The molecule has 0 amide bonds. The zero-order chi connectivity index (χ0) is 39.2. The second-order valence-electron chi connectivity index (χ2n) is 15.0. The van der Waals surface area contributed by atoms with E-state index in [9.17, 15) is 0 Å². The molecule has 2 aliphatic rings. The van der Waals surface area contributed by atoms with E-state index in [1.165, 1.54) is 38.9 Å². The van der Waals surface area contributed by atoms with Crippen LogP contribution in [0, 0.1) is 0 Å². The minimum Gasteiger partial charge on any atom is -0.485 e. The molecule has 1 aromatic heterocycles. The van der Waals surface area contributed by atoms with Gasteiger partial charge in [-0.3, -0.25) is 4.90 Å². The van der Waals surface area contributed by atoms with Crippen LogP contribution < -0.4 is 14.4 Å². The van der Waals surface area contributed by atoms with Gasteiger partial charge in [0.05, 0.1) is 16.0 Å². The Morgan fingerprint density at radius 1 is 0.407 bits per heavy atom. The van der Waals surface area contributed by atoms with E-state index in [1.54, 1.807) is 11.3 Å². The molecule has 0 spiro atoms. The molecule has 1 aliphatic heterocycles. The van der Waals surface area contributed by atoms with Crippen molar-refractivity contribution in [1.29, 1.82) is 0 Å². The number of nitrogens with zero attached hydrogens (tertiary/aromatic N) is 1. The Labute approximate surface area is 349 Å². The van der Waals surface area contributed by atoms with Crippen molar-refractivity contribution in [2.45, 2.75) is 5.41 Å². The number of benzene rings is 8. The highest BCUT2D eigenvalue weighted by Crippen LogP contribution is 2.61. The largest absolute Gasteiger partial charge is 0.485 e. The smallest absolute Gasteiger partial charge is 0.197 e. The third kappa shape index (κ3) is 5.79. The first-order chi connectivity index (χ1) is 29.3. The molecule has 3 nitrogen and oxygen atoms in total. The second-order valence-corrected chi connectivity index (χ2v) is 16.0. The normalized spacial score (nSPS) is 13.4. The summed E-state index contributed by atoms with van der Waals surface area (Å²) in [6.45, 7) is 0.972. The molecule has 0 radical (unpaired) electrons. The molecule has 0 N–H and O–H groups in total. The zero-order valence-electron chi connectivity index (χ0n) is 32.3. The van der Waals surface area contributed by atoms with Crippen LogP contribution in [-0.4, -0.2) is 13.2 Å². The van der Waals surface area contributed by atoms with E-state index in [2.05, 4.69) is 217 Å². The molecular weight excluding hydrogens is 739 g/mol. The summed E-state index contributed by atoms with van der Waals surface area (Å²) in [5, 5.41) is 0.976. The Bertz CT molecular complexity index is 2890. The first-order valence-electron chi connectivity index (χ1n) is 20.2. The molecule has 0 saturated heterocycles. The number of thiophene rings is 1. The van der Waals surface area contributed by atoms with E-state index in [1.807, 2.05) is 0 Å². The van der Waals surface area contributed by atoms with Gasteiger partial charge in [0.2, 0.25) is 0 Å². The van der Waals surface area contributed by atoms with E-state index < -0.39 is 5.41 Å². The van der Waals surface area contributed by atoms with Crippen molar-refractivity contribution in [2.75, 3.05) is 18.1 Å². The number of anilines is 3. The summed E-state index contributed by atoms with van der Waals surface area (Å²) in [5.41, 5.74) is 14.7. The molecule has 0 unspecified atom stereocenters. The number of rotatable bonds is 8. The quantitative estimate of drug-likeness (QED) is 0.153. The summed E-state index contributed by atoms with van der Waals surface area (Å²) in [4.78, 5) is 3.48. The van der Waals surface area contributed by atoms with Gasteiger partial charge >= 0.3 is 0 Å². The van der Waals surface area contributed by atoms with Gasteiger partial charge in [0, 0.05) is 11.3 Å². The lowest BCUT2D eigenvalue weighted by Crippen LogP contribution is -2.28. The first kappa shape index (κ1) is 35.1. The van der Waals surface area contributed by atoms with Crippen molar-refractivity contribution in [1.82, 2.24) is 0 Å². The van der Waals surface area contributed by atoms with Crippen LogP contribution in [0.5, 0.6) is 11.5 Å². The molecule has 0 fully saturated rings. The van der Waals surface area contributed by atoms with Gasteiger partial charge in [-0.2, -0.15) is 0 Å². The molecule has 9 aromatic rings.